The molecule has 0 aromatic heterocycles. The van der Waals surface area contributed by atoms with Crippen molar-refractivity contribution >= 4 is 9.84 Å². The summed E-state index contributed by atoms with van der Waals surface area (Å²) in [5.74, 6) is 0.271. The molecule has 1 atom stereocenters. The Labute approximate surface area is 106 Å². The third-order valence-electron chi connectivity index (χ3n) is 3.52. The van der Waals surface area contributed by atoms with Gasteiger partial charge in [0, 0.05) is 32.2 Å². The number of rotatable bonds is 4. The van der Waals surface area contributed by atoms with E-state index in [1.807, 2.05) is 0 Å². The second-order valence-electron chi connectivity index (χ2n) is 5.73. The van der Waals surface area contributed by atoms with Crippen LogP contribution in [0.3, 0.4) is 0 Å². The van der Waals surface area contributed by atoms with Gasteiger partial charge in [-0.2, -0.15) is 0 Å². The lowest BCUT2D eigenvalue weighted by atomic mass is 10.1. The van der Waals surface area contributed by atoms with Crippen molar-refractivity contribution < 1.29 is 8.42 Å². The summed E-state index contributed by atoms with van der Waals surface area (Å²) in [6.07, 6.45) is 1.07. The Kier molecular flexibility index (Phi) is 4.98. The zero-order chi connectivity index (χ0) is 13.1. The van der Waals surface area contributed by atoms with Crippen LogP contribution in [0.4, 0.5) is 0 Å². The highest BCUT2D eigenvalue weighted by Gasteiger charge is 2.30. The molecular weight excluding hydrogens is 236 g/mol. The van der Waals surface area contributed by atoms with Crippen LogP contribution in [0, 0.1) is 0 Å². The van der Waals surface area contributed by atoms with Crippen molar-refractivity contribution in [1.82, 2.24) is 10.2 Å². The molecule has 0 amide bonds. The molecule has 0 aromatic rings. The van der Waals surface area contributed by atoms with Crippen molar-refractivity contribution in [2.24, 2.45) is 0 Å². The summed E-state index contributed by atoms with van der Waals surface area (Å²) in [6, 6.07) is 0.485. The number of nitrogens with one attached hydrogen (secondary N) is 1. The molecule has 4 nitrogen and oxygen atoms in total. The van der Waals surface area contributed by atoms with Gasteiger partial charge in [0.25, 0.3) is 0 Å². The molecule has 0 spiro atoms. The van der Waals surface area contributed by atoms with Crippen LogP contribution in [0.2, 0.25) is 0 Å². The summed E-state index contributed by atoms with van der Waals surface area (Å²) in [4.78, 5) is 2.31. The van der Waals surface area contributed by atoms with E-state index in [0.29, 0.717) is 12.6 Å². The molecule has 1 saturated heterocycles. The van der Waals surface area contributed by atoms with E-state index in [4.69, 9.17) is 0 Å². The smallest absolute Gasteiger partial charge is 0.156 e. The van der Waals surface area contributed by atoms with Crippen molar-refractivity contribution in [1.29, 1.82) is 0 Å². The van der Waals surface area contributed by atoms with E-state index in [9.17, 15) is 8.42 Å². The van der Waals surface area contributed by atoms with E-state index < -0.39 is 14.6 Å². The molecule has 1 fully saturated rings. The second kappa shape index (κ2) is 5.67. The molecule has 17 heavy (non-hydrogen) atoms. The highest BCUT2D eigenvalue weighted by atomic mass is 32.2. The Morgan fingerprint density at radius 1 is 1.35 bits per heavy atom. The van der Waals surface area contributed by atoms with Crippen LogP contribution in [-0.4, -0.2) is 56.0 Å². The largest absolute Gasteiger partial charge is 0.314 e. The number of nitrogens with zero attached hydrogens (tertiary/aromatic N) is 1. The van der Waals surface area contributed by atoms with Gasteiger partial charge >= 0.3 is 0 Å². The third kappa shape index (κ3) is 3.93. The Hall–Kier alpha value is -0.130. The summed E-state index contributed by atoms with van der Waals surface area (Å²) in [6.45, 7) is 11.0. The topological polar surface area (TPSA) is 49.4 Å². The van der Waals surface area contributed by atoms with Crippen LogP contribution in [0.1, 0.15) is 34.1 Å². The van der Waals surface area contributed by atoms with Gasteiger partial charge in [0.2, 0.25) is 0 Å². The van der Waals surface area contributed by atoms with Crippen LogP contribution in [0.15, 0.2) is 0 Å². The highest BCUT2D eigenvalue weighted by molar-refractivity contribution is 7.92. The summed E-state index contributed by atoms with van der Waals surface area (Å²) in [7, 11) is -2.99. The average molecular weight is 262 g/mol. The number of hydrogen-bond acceptors (Lipinski definition) is 4. The Bertz CT molecular complexity index is 333. The molecule has 0 radical (unpaired) electrons. The third-order valence-corrected chi connectivity index (χ3v) is 6.11. The molecule has 0 saturated carbocycles. The van der Waals surface area contributed by atoms with Crippen LogP contribution < -0.4 is 5.32 Å². The highest BCUT2D eigenvalue weighted by Crippen LogP contribution is 2.17. The second-order valence-corrected chi connectivity index (χ2v) is 8.60. The van der Waals surface area contributed by atoms with Gasteiger partial charge in [0.1, 0.15) is 0 Å². The van der Waals surface area contributed by atoms with Crippen LogP contribution in [-0.2, 0) is 9.84 Å². The average Bonchev–Trinajstić information content (AvgIpc) is 2.25. The molecule has 1 rings (SSSR count). The molecule has 1 aliphatic rings. The maximum absolute atomic E-state index is 12.0. The summed E-state index contributed by atoms with van der Waals surface area (Å²) in [5.41, 5.74) is 0. The van der Waals surface area contributed by atoms with Crippen molar-refractivity contribution in [2.75, 3.05) is 31.9 Å². The predicted octanol–water partition coefficient (Wildman–Crippen LogP) is 0.884. The number of hydrogen-bond donors (Lipinski definition) is 1. The van der Waals surface area contributed by atoms with Gasteiger partial charge in [0.15, 0.2) is 9.84 Å². The molecule has 0 aliphatic carbocycles. The first-order chi connectivity index (χ1) is 7.78. The standard InChI is InChI=1S/C12H26N2O2S/c1-5-11-10-13-6-7-14(11)8-9-17(15,16)12(2,3)4/h11,13H,5-10H2,1-4H3. The Morgan fingerprint density at radius 3 is 2.53 bits per heavy atom. The van der Waals surface area contributed by atoms with E-state index in [2.05, 4.69) is 17.1 Å². The van der Waals surface area contributed by atoms with Crippen molar-refractivity contribution in [3.63, 3.8) is 0 Å². The minimum atomic E-state index is -2.99. The lowest BCUT2D eigenvalue weighted by Crippen LogP contribution is -2.52. The predicted molar refractivity (Wildman–Crippen MR) is 72.1 cm³/mol. The summed E-state index contributed by atoms with van der Waals surface area (Å²) in [5, 5.41) is 3.35. The van der Waals surface area contributed by atoms with Crippen LogP contribution >= 0.6 is 0 Å². The molecule has 1 aliphatic heterocycles. The van der Waals surface area contributed by atoms with Gasteiger partial charge in [-0.05, 0) is 27.2 Å². The number of sulfone groups is 1. The fraction of sp³-hybridized carbons (Fsp3) is 1.00. The van der Waals surface area contributed by atoms with Gasteiger partial charge in [-0.3, -0.25) is 4.90 Å². The van der Waals surface area contributed by atoms with E-state index in [0.717, 1.165) is 26.1 Å². The van der Waals surface area contributed by atoms with E-state index >= 15 is 0 Å². The van der Waals surface area contributed by atoms with Gasteiger partial charge < -0.3 is 5.32 Å². The van der Waals surface area contributed by atoms with E-state index in [-0.39, 0.29) is 5.75 Å². The summed E-state index contributed by atoms with van der Waals surface area (Å²) >= 11 is 0. The lowest BCUT2D eigenvalue weighted by Gasteiger charge is -2.36. The first kappa shape index (κ1) is 14.9. The zero-order valence-corrected chi connectivity index (χ0v) is 12.3. The molecule has 0 bridgehead atoms. The Balaban J connectivity index is 2.55. The zero-order valence-electron chi connectivity index (χ0n) is 11.5. The van der Waals surface area contributed by atoms with Crippen LogP contribution in [0.25, 0.3) is 0 Å². The number of piperazine rings is 1. The van der Waals surface area contributed by atoms with Crippen molar-refractivity contribution in [3.8, 4) is 0 Å². The van der Waals surface area contributed by atoms with E-state index in [1.54, 1.807) is 20.8 Å². The SMILES string of the molecule is CCC1CNCCN1CCS(=O)(=O)C(C)(C)C. The molecule has 0 aromatic carbocycles. The van der Waals surface area contributed by atoms with Crippen molar-refractivity contribution in [2.45, 2.75) is 44.9 Å². The molecule has 102 valence electrons. The fourth-order valence-corrected chi connectivity index (χ4v) is 3.13. The normalized spacial score (nSPS) is 23.9. The molecule has 1 heterocycles. The first-order valence-corrected chi connectivity index (χ1v) is 8.10. The molecule has 1 N–H and O–H groups in total. The molecule has 5 heteroatoms. The fourth-order valence-electron chi connectivity index (χ4n) is 2.04. The summed E-state index contributed by atoms with van der Waals surface area (Å²) < 4.78 is 23.5. The minimum absolute atomic E-state index is 0.271. The van der Waals surface area contributed by atoms with Gasteiger partial charge in [-0.25, -0.2) is 8.42 Å². The van der Waals surface area contributed by atoms with Crippen LogP contribution in [0.5, 0.6) is 0 Å². The van der Waals surface area contributed by atoms with E-state index in [1.165, 1.54) is 0 Å². The first-order valence-electron chi connectivity index (χ1n) is 6.45. The van der Waals surface area contributed by atoms with Gasteiger partial charge in [-0.15, -0.1) is 0 Å². The lowest BCUT2D eigenvalue weighted by molar-refractivity contribution is 0.166. The maximum Gasteiger partial charge on any atom is 0.156 e. The maximum atomic E-state index is 12.0. The Morgan fingerprint density at radius 2 is 2.00 bits per heavy atom. The molecule has 1 unspecified atom stereocenters. The van der Waals surface area contributed by atoms with Gasteiger partial charge in [-0.1, -0.05) is 6.92 Å². The van der Waals surface area contributed by atoms with Crippen molar-refractivity contribution in [3.05, 3.63) is 0 Å². The molecular formula is C12H26N2O2S. The minimum Gasteiger partial charge on any atom is -0.314 e. The quantitative estimate of drug-likeness (QED) is 0.817. The van der Waals surface area contributed by atoms with Gasteiger partial charge in [0.05, 0.1) is 10.5 Å². The monoisotopic (exact) mass is 262 g/mol.